The van der Waals surface area contributed by atoms with Gasteiger partial charge in [0, 0.05) is 4.47 Å². The molecule has 0 saturated carbocycles. The normalized spacial score (nSPS) is 18.0. The van der Waals surface area contributed by atoms with Crippen molar-refractivity contribution in [1.82, 2.24) is 5.32 Å². The summed E-state index contributed by atoms with van der Waals surface area (Å²) < 4.78 is 0.999. The van der Waals surface area contributed by atoms with Crippen molar-refractivity contribution in [3.05, 3.63) is 68.5 Å². The molecule has 0 atom stereocenters. The molecule has 1 saturated heterocycles. The van der Waals surface area contributed by atoms with Gasteiger partial charge in [0.2, 0.25) is 0 Å². The van der Waals surface area contributed by atoms with Crippen LogP contribution in [0.5, 0.6) is 0 Å². The Hall–Kier alpha value is -1.56. The minimum atomic E-state index is -0.154. The maximum absolute atomic E-state index is 12.0. The van der Waals surface area contributed by atoms with E-state index in [4.69, 9.17) is 11.6 Å². The lowest BCUT2D eigenvalue weighted by Gasteiger charge is -1.98. The average Bonchev–Trinajstić information content (AvgIpc) is 2.84. The van der Waals surface area contributed by atoms with Crippen molar-refractivity contribution in [2.24, 2.45) is 4.99 Å². The molecule has 3 nitrogen and oxygen atoms in total. The van der Waals surface area contributed by atoms with Crippen LogP contribution >= 0.6 is 39.3 Å². The molecule has 0 unspecified atom stereocenters. The van der Waals surface area contributed by atoms with Gasteiger partial charge in [-0.1, -0.05) is 51.8 Å². The molecule has 110 valence electrons. The van der Waals surface area contributed by atoms with Crippen LogP contribution in [0.2, 0.25) is 5.02 Å². The number of amides is 1. The maximum Gasteiger partial charge on any atom is 0.264 e. The molecule has 1 fully saturated rings. The number of benzene rings is 2. The minimum absolute atomic E-state index is 0.154. The van der Waals surface area contributed by atoms with E-state index in [1.54, 1.807) is 12.1 Å². The fourth-order valence-corrected chi connectivity index (χ4v) is 3.12. The van der Waals surface area contributed by atoms with Crippen LogP contribution in [0, 0.1) is 0 Å². The van der Waals surface area contributed by atoms with Crippen LogP contribution in [0.15, 0.2) is 62.9 Å². The molecule has 2 aromatic carbocycles. The number of rotatable bonds is 2. The lowest BCUT2D eigenvalue weighted by atomic mass is 10.2. The van der Waals surface area contributed by atoms with Crippen molar-refractivity contribution in [3.63, 3.8) is 0 Å². The molecule has 22 heavy (non-hydrogen) atoms. The summed E-state index contributed by atoms with van der Waals surface area (Å²) in [5.41, 5.74) is 1.59. The van der Waals surface area contributed by atoms with Gasteiger partial charge in [0.15, 0.2) is 5.17 Å². The lowest BCUT2D eigenvalue weighted by molar-refractivity contribution is -0.115. The van der Waals surface area contributed by atoms with Gasteiger partial charge >= 0.3 is 0 Å². The number of hydrogen-bond donors (Lipinski definition) is 1. The molecular weight excluding hydrogens is 384 g/mol. The van der Waals surface area contributed by atoms with Gasteiger partial charge in [-0.05, 0) is 47.7 Å². The van der Waals surface area contributed by atoms with Gasteiger partial charge in [-0.15, -0.1) is 0 Å². The van der Waals surface area contributed by atoms with E-state index >= 15 is 0 Å². The molecular formula is C16H10BrClN2OS. The molecule has 6 heteroatoms. The van der Waals surface area contributed by atoms with Crippen LogP contribution in [-0.4, -0.2) is 11.1 Å². The largest absolute Gasteiger partial charge is 0.300 e. The van der Waals surface area contributed by atoms with Crippen LogP contribution in [0.3, 0.4) is 0 Å². The molecule has 0 bridgehead atoms. The summed E-state index contributed by atoms with van der Waals surface area (Å²) in [7, 11) is 0. The van der Waals surface area contributed by atoms with Crippen molar-refractivity contribution in [3.8, 4) is 0 Å². The highest BCUT2D eigenvalue weighted by molar-refractivity contribution is 9.10. The second-order valence-corrected chi connectivity index (χ2v) is 6.84. The smallest absolute Gasteiger partial charge is 0.264 e. The third-order valence-corrected chi connectivity index (χ3v) is 4.65. The molecule has 2 aromatic rings. The minimum Gasteiger partial charge on any atom is -0.300 e. The number of para-hydroxylation sites is 1. The Bertz CT molecular complexity index is 787. The van der Waals surface area contributed by atoms with E-state index in [0.29, 0.717) is 20.8 Å². The summed E-state index contributed by atoms with van der Waals surface area (Å²) in [5, 5.41) is 3.83. The molecule has 0 aromatic heterocycles. The number of halogens is 2. The van der Waals surface area contributed by atoms with Gasteiger partial charge in [0.1, 0.15) is 0 Å². The Morgan fingerprint density at radius 3 is 2.59 bits per heavy atom. The Balaban J connectivity index is 1.84. The SMILES string of the molecule is O=C1NC(=Nc2ccccc2Cl)SC1=Cc1ccc(Br)cc1. The van der Waals surface area contributed by atoms with E-state index in [2.05, 4.69) is 26.2 Å². The van der Waals surface area contributed by atoms with Crippen molar-refractivity contribution < 1.29 is 4.79 Å². The lowest BCUT2D eigenvalue weighted by Crippen LogP contribution is -2.19. The topological polar surface area (TPSA) is 41.5 Å². The van der Waals surface area contributed by atoms with E-state index < -0.39 is 0 Å². The third-order valence-electron chi connectivity index (χ3n) is 2.89. The van der Waals surface area contributed by atoms with E-state index in [1.807, 2.05) is 42.5 Å². The van der Waals surface area contributed by atoms with Crippen LogP contribution < -0.4 is 5.32 Å². The molecule has 1 aliphatic rings. The van der Waals surface area contributed by atoms with Gasteiger partial charge < -0.3 is 5.32 Å². The monoisotopic (exact) mass is 392 g/mol. The summed E-state index contributed by atoms with van der Waals surface area (Å²) >= 11 is 10.8. The zero-order valence-corrected chi connectivity index (χ0v) is 14.4. The number of aliphatic imine (C=N–C) groups is 1. The summed E-state index contributed by atoms with van der Waals surface area (Å²) in [4.78, 5) is 17.0. The molecule has 0 spiro atoms. The van der Waals surface area contributed by atoms with Crippen LogP contribution in [0.1, 0.15) is 5.56 Å². The first-order valence-electron chi connectivity index (χ1n) is 6.41. The summed E-state index contributed by atoms with van der Waals surface area (Å²) in [6, 6.07) is 15.0. The van der Waals surface area contributed by atoms with Crippen LogP contribution in [0.25, 0.3) is 6.08 Å². The van der Waals surface area contributed by atoms with Gasteiger partial charge in [-0.3, -0.25) is 4.79 Å². The van der Waals surface area contributed by atoms with E-state index in [9.17, 15) is 4.79 Å². The zero-order chi connectivity index (χ0) is 15.5. The number of carbonyl (C=O) groups is 1. The van der Waals surface area contributed by atoms with E-state index in [0.717, 1.165) is 10.0 Å². The zero-order valence-electron chi connectivity index (χ0n) is 11.2. The number of nitrogens with zero attached hydrogens (tertiary/aromatic N) is 1. The summed E-state index contributed by atoms with van der Waals surface area (Å²) in [5.74, 6) is -0.154. The van der Waals surface area contributed by atoms with Crippen molar-refractivity contribution >= 4 is 62.1 Å². The van der Waals surface area contributed by atoms with Crippen molar-refractivity contribution in [2.75, 3.05) is 0 Å². The highest BCUT2D eigenvalue weighted by Gasteiger charge is 2.23. The van der Waals surface area contributed by atoms with Gasteiger partial charge in [0.05, 0.1) is 15.6 Å². The maximum atomic E-state index is 12.0. The third kappa shape index (κ3) is 3.61. The number of nitrogens with one attached hydrogen (secondary N) is 1. The van der Waals surface area contributed by atoms with E-state index in [-0.39, 0.29) is 5.91 Å². The van der Waals surface area contributed by atoms with Crippen LogP contribution in [-0.2, 0) is 4.79 Å². The predicted molar refractivity (Wildman–Crippen MR) is 96.4 cm³/mol. The first-order chi connectivity index (χ1) is 10.6. The van der Waals surface area contributed by atoms with E-state index in [1.165, 1.54) is 11.8 Å². The predicted octanol–water partition coefficient (Wildman–Crippen LogP) is 4.99. The Morgan fingerprint density at radius 1 is 1.14 bits per heavy atom. The molecule has 1 N–H and O–H groups in total. The Labute approximate surface area is 145 Å². The highest BCUT2D eigenvalue weighted by Crippen LogP contribution is 2.30. The molecule has 1 amide bonds. The molecule has 0 radical (unpaired) electrons. The fraction of sp³-hybridized carbons (Fsp3) is 0. The first kappa shape index (κ1) is 15.3. The van der Waals surface area contributed by atoms with Crippen LogP contribution in [0.4, 0.5) is 5.69 Å². The van der Waals surface area contributed by atoms with Crippen molar-refractivity contribution in [2.45, 2.75) is 0 Å². The molecule has 3 rings (SSSR count). The molecule has 1 heterocycles. The Kier molecular flexibility index (Phi) is 4.66. The second-order valence-electron chi connectivity index (χ2n) is 4.48. The number of amidine groups is 1. The standard InChI is InChI=1S/C16H10BrClN2OS/c17-11-7-5-10(6-8-11)9-14-15(21)20-16(22-14)19-13-4-2-1-3-12(13)18/h1-9H,(H,19,20,21). The summed E-state index contributed by atoms with van der Waals surface area (Å²) in [6.45, 7) is 0. The summed E-state index contributed by atoms with van der Waals surface area (Å²) in [6.07, 6.45) is 1.83. The number of carbonyl (C=O) groups excluding carboxylic acids is 1. The second kappa shape index (κ2) is 6.69. The number of thioether (sulfide) groups is 1. The van der Waals surface area contributed by atoms with Gasteiger partial charge in [0.25, 0.3) is 5.91 Å². The quantitative estimate of drug-likeness (QED) is 0.730. The molecule has 1 aliphatic heterocycles. The van der Waals surface area contributed by atoms with Gasteiger partial charge in [-0.25, -0.2) is 4.99 Å². The molecule has 0 aliphatic carbocycles. The van der Waals surface area contributed by atoms with Gasteiger partial charge in [-0.2, -0.15) is 0 Å². The first-order valence-corrected chi connectivity index (χ1v) is 8.40. The van der Waals surface area contributed by atoms with Crippen molar-refractivity contribution in [1.29, 1.82) is 0 Å². The average molecular weight is 394 g/mol. The fourth-order valence-electron chi connectivity index (χ4n) is 1.84. The Morgan fingerprint density at radius 2 is 1.86 bits per heavy atom. The number of hydrogen-bond acceptors (Lipinski definition) is 3. The highest BCUT2D eigenvalue weighted by atomic mass is 79.9.